The maximum absolute atomic E-state index is 13.3. The van der Waals surface area contributed by atoms with Gasteiger partial charge in [-0.05, 0) is 48.9 Å². The normalized spacial score (nSPS) is 17.5. The second-order valence-corrected chi connectivity index (χ2v) is 8.07. The van der Waals surface area contributed by atoms with Crippen LogP contribution in [0.3, 0.4) is 0 Å². The molecule has 5 nitrogen and oxygen atoms in total. The summed E-state index contributed by atoms with van der Waals surface area (Å²) in [5, 5.41) is 0. The molecule has 1 saturated carbocycles. The summed E-state index contributed by atoms with van der Waals surface area (Å²) in [5.41, 5.74) is 2.61. The molecule has 1 heterocycles. The van der Waals surface area contributed by atoms with Gasteiger partial charge in [-0.3, -0.25) is 19.3 Å². The van der Waals surface area contributed by atoms with Crippen LogP contribution >= 0.6 is 0 Å². The smallest absolute Gasteiger partial charge is 0.254 e. The van der Waals surface area contributed by atoms with E-state index in [9.17, 15) is 14.4 Å². The van der Waals surface area contributed by atoms with Gasteiger partial charge in [0.15, 0.2) is 0 Å². The first-order chi connectivity index (χ1) is 14.0. The van der Waals surface area contributed by atoms with E-state index >= 15 is 0 Å². The van der Waals surface area contributed by atoms with Crippen molar-refractivity contribution >= 4 is 17.7 Å². The summed E-state index contributed by atoms with van der Waals surface area (Å²) in [5.74, 6) is 0.354. The Morgan fingerprint density at radius 3 is 2.17 bits per heavy atom. The molecule has 2 aromatic carbocycles. The van der Waals surface area contributed by atoms with Gasteiger partial charge in [-0.25, -0.2) is 0 Å². The van der Waals surface area contributed by atoms with Crippen molar-refractivity contribution in [2.75, 3.05) is 0 Å². The predicted molar refractivity (Wildman–Crippen MR) is 110 cm³/mol. The van der Waals surface area contributed by atoms with E-state index in [2.05, 4.69) is 6.92 Å². The Morgan fingerprint density at radius 2 is 1.59 bits per heavy atom. The average molecular weight is 390 g/mol. The van der Waals surface area contributed by atoms with Crippen molar-refractivity contribution in [1.29, 1.82) is 0 Å². The lowest BCUT2D eigenvalue weighted by atomic mass is 10.1. The molecule has 0 N–H and O–H groups in total. The molecule has 0 aromatic heterocycles. The van der Waals surface area contributed by atoms with E-state index in [4.69, 9.17) is 0 Å². The van der Waals surface area contributed by atoms with Crippen LogP contribution in [0.5, 0.6) is 0 Å². The minimum Gasteiger partial charge on any atom is -0.331 e. The van der Waals surface area contributed by atoms with Crippen molar-refractivity contribution in [1.82, 2.24) is 9.80 Å². The number of imide groups is 1. The number of hydrogen-bond donors (Lipinski definition) is 0. The summed E-state index contributed by atoms with van der Waals surface area (Å²) in [6.07, 6.45) is 2.94. The number of hydrogen-bond acceptors (Lipinski definition) is 3. The summed E-state index contributed by atoms with van der Waals surface area (Å²) < 4.78 is 0. The molecule has 1 saturated heterocycles. The van der Waals surface area contributed by atoms with Gasteiger partial charge in [-0.1, -0.05) is 42.5 Å². The average Bonchev–Trinajstić information content (AvgIpc) is 3.55. The van der Waals surface area contributed by atoms with Crippen LogP contribution in [0, 0.1) is 5.92 Å². The third kappa shape index (κ3) is 4.39. The van der Waals surface area contributed by atoms with E-state index in [0.717, 1.165) is 11.1 Å². The van der Waals surface area contributed by atoms with Crippen LogP contribution in [0.1, 0.15) is 54.1 Å². The Kier molecular flexibility index (Phi) is 5.47. The number of amides is 3. The molecule has 0 spiro atoms. The van der Waals surface area contributed by atoms with Crippen molar-refractivity contribution in [3.8, 4) is 0 Å². The van der Waals surface area contributed by atoms with Gasteiger partial charge in [0.05, 0.1) is 6.54 Å². The molecule has 3 amide bonds. The number of likely N-dealkylation sites (tertiary alicyclic amines) is 1. The Labute approximate surface area is 171 Å². The molecule has 1 aliphatic heterocycles. The lowest BCUT2D eigenvalue weighted by molar-refractivity contribution is -0.139. The lowest BCUT2D eigenvalue weighted by Gasteiger charge is -2.30. The summed E-state index contributed by atoms with van der Waals surface area (Å²) in [4.78, 5) is 40.2. The molecular weight excluding hydrogens is 364 g/mol. The second kappa shape index (κ2) is 8.19. The third-order valence-corrected chi connectivity index (χ3v) is 5.95. The van der Waals surface area contributed by atoms with Crippen LogP contribution in [0.25, 0.3) is 0 Å². The number of carbonyl (C=O) groups excluding carboxylic acids is 3. The lowest BCUT2D eigenvalue weighted by Crippen LogP contribution is -2.39. The summed E-state index contributed by atoms with van der Waals surface area (Å²) in [6.45, 7) is 3.01. The van der Waals surface area contributed by atoms with Crippen LogP contribution in [-0.4, -0.2) is 33.6 Å². The zero-order valence-corrected chi connectivity index (χ0v) is 16.7. The molecule has 29 heavy (non-hydrogen) atoms. The molecule has 1 aliphatic carbocycles. The van der Waals surface area contributed by atoms with Gasteiger partial charge >= 0.3 is 0 Å². The molecule has 150 valence electrons. The fourth-order valence-corrected chi connectivity index (χ4v) is 3.91. The molecule has 2 fully saturated rings. The fourth-order valence-electron chi connectivity index (χ4n) is 3.91. The minimum absolute atomic E-state index is 0.0214. The van der Waals surface area contributed by atoms with Gasteiger partial charge < -0.3 is 4.90 Å². The molecule has 4 rings (SSSR count). The van der Waals surface area contributed by atoms with Gasteiger partial charge in [0.25, 0.3) is 5.91 Å². The zero-order chi connectivity index (χ0) is 20.4. The predicted octanol–water partition coefficient (Wildman–Crippen LogP) is 3.78. The molecule has 5 heteroatoms. The first-order valence-electron chi connectivity index (χ1n) is 10.3. The van der Waals surface area contributed by atoms with Crippen molar-refractivity contribution in [2.24, 2.45) is 5.92 Å². The van der Waals surface area contributed by atoms with E-state index < -0.39 is 0 Å². The van der Waals surface area contributed by atoms with E-state index in [-0.39, 0.29) is 30.3 Å². The van der Waals surface area contributed by atoms with Gasteiger partial charge in [-0.2, -0.15) is 0 Å². The summed E-state index contributed by atoms with van der Waals surface area (Å²) in [6, 6.07) is 17.6. The van der Waals surface area contributed by atoms with Gasteiger partial charge in [0, 0.05) is 31.0 Å². The molecule has 1 atom stereocenters. The molecule has 1 unspecified atom stereocenters. The van der Waals surface area contributed by atoms with E-state index in [0.29, 0.717) is 30.9 Å². The summed E-state index contributed by atoms with van der Waals surface area (Å²) in [7, 11) is 0. The number of benzene rings is 2. The number of carbonyl (C=O) groups is 3. The Hall–Kier alpha value is -2.95. The second-order valence-electron chi connectivity index (χ2n) is 8.07. The van der Waals surface area contributed by atoms with E-state index in [1.165, 1.54) is 17.7 Å². The molecule has 0 bridgehead atoms. The largest absolute Gasteiger partial charge is 0.331 e. The van der Waals surface area contributed by atoms with E-state index in [1.807, 2.05) is 47.4 Å². The Balaban J connectivity index is 1.49. The van der Waals surface area contributed by atoms with E-state index in [1.54, 1.807) is 12.1 Å². The number of nitrogens with zero attached hydrogens (tertiary/aromatic N) is 2. The Bertz CT molecular complexity index is 887. The van der Waals surface area contributed by atoms with Gasteiger partial charge in [-0.15, -0.1) is 0 Å². The van der Waals surface area contributed by atoms with Crippen LogP contribution in [0.4, 0.5) is 0 Å². The molecule has 2 aromatic rings. The highest BCUT2D eigenvalue weighted by atomic mass is 16.2. The van der Waals surface area contributed by atoms with Crippen LogP contribution in [0.2, 0.25) is 0 Å². The van der Waals surface area contributed by atoms with Gasteiger partial charge in [0.2, 0.25) is 11.8 Å². The zero-order valence-electron chi connectivity index (χ0n) is 16.7. The topological polar surface area (TPSA) is 57.7 Å². The molecule has 2 aliphatic rings. The van der Waals surface area contributed by atoms with Crippen LogP contribution in [0.15, 0.2) is 54.6 Å². The highest BCUT2D eigenvalue weighted by molar-refractivity contribution is 6.01. The summed E-state index contributed by atoms with van der Waals surface area (Å²) >= 11 is 0. The van der Waals surface area contributed by atoms with Crippen LogP contribution < -0.4 is 0 Å². The van der Waals surface area contributed by atoms with Crippen molar-refractivity contribution < 1.29 is 14.4 Å². The maximum Gasteiger partial charge on any atom is 0.254 e. The first kappa shape index (κ1) is 19.4. The standard InChI is InChI=1S/C24H26N2O3/c1-17(20-11-12-20)25(15-18-5-3-2-4-6-18)24(29)21-9-7-19(8-10-21)16-26-22(27)13-14-23(26)28/h2-10,17,20H,11-16H2,1H3. The quantitative estimate of drug-likeness (QED) is 0.676. The van der Waals surface area contributed by atoms with Crippen molar-refractivity contribution in [3.63, 3.8) is 0 Å². The minimum atomic E-state index is -0.123. The number of rotatable bonds is 7. The SMILES string of the molecule is CC(C1CC1)N(Cc1ccccc1)C(=O)c1ccc(CN2C(=O)CCC2=O)cc1. The van der Waals surface area contributed by atoms with Crippen molar-refractivity contribution in [2.45, 2.75) is 51.7 Å². The highest BCUT2D eigenvalue weighted by Gasteiger charge is 2.34. The van der Waals surface area contributed by atoms with Crippen molar-refractivity contribution in [3.05, 3.63) is 71.3 Å². The molecular formula is C24H26N2O3. The third-order valence-electron chi connectivity index (χ3n) is 5.95. The van der Waals surface area contributed by atoms with Crippen LogP contribution in [-0.2, 0) is 22.7 Å². The Morgan fingerprint density at radius 1 is 0.966 bits per heavy atom. The van der Waals surface area contributed by atoms with Gasteiger partial charge in [0.1, 0.15) is 0 Å². The maximum atomic E-state index is 13.3. The highest BCUT2D eigenvalue weighted by Crippen LogP contribution is 2.36. The molecule has 0 radical (unpaired) electrons. The fraction of sp³-hybridized carbons (Fsp3) is 0.375. The first-order valence-corrected chi connectivity index (χ1v) is 10.3. The monoisotopic (exact) mass is 390 g/mol.